The summed E-state index contributed by atoms with van der Waals surface area (Å²) < 4.78 is 0. The van der Waals surface area contributed by atoms with E-state index in [1.54, 1.807) is 0 Å². The monoisotopic (exact) mass is 197 g/mol. The summed E-state index contributed by atoms with van der Waals surface area (Å²) in [6.45, 7) is 7.21. The van der Waals surface area contributed by atoms with Crippen molar-refractivity contribution in [1.29, 1.82) is 0 Å². The van der Waals surface area contributed by atoms with Crippen LogP contribution in [0.5, 0.6) is 0 Å². The topological polar surface area (TPSA) is 23.5 Å². The Kier molecular flexibility index (Phi) is 4.14. The van der Waals surface area contributed by atoms with E-state index in [0.29, 0.717) is 11.8 Å². The highest BCUT2D eigenvalue weighted by atomic mass is 16.3. The fourth-order valence-electron chi connectivity index (χ4n) is 2.35. The van der Waals surface area contributed by atoms with Crippen molar-refractivity contribution in [2.75, 3.05) is 20.6 Å². The van der Waals surface area contributed by atoms with Crippen LogP contribution in [-0.4, -0.2) is 36.8 Å². The first-order valence-electron chi connectivity index (χ1n) is 5.51. The van der Waals surface area contributed by atoms with Gasteiger partial charge in [0, 0.05) is 12.5 Å². The SMILES string of the molecule is C=C(CN(C)C)[C@H]1CC[C@H](C)C[C@@H]1O. The maximum absolute atomic E-state index is 9.94. The van der Waals surface area contributed by atoms with Crippen molar-refractivity contribution >= 4 is 0 Å². The number of hydrogen-bond donors (Lipinski definition) is 1. The molecule has 0 aromatic carbocycles. The van der Waals surface area contributed by atoms with Crippen molar-refractivity contribution in [3.8, 4) is 0 Å². The molecule has 0 aromatic heterocycles. The van der Waals surface area contributed by atoms with E-state index in [4.69, 9.17) is 0 Å². The molecule has 1 aliphatic carbocycles. The maximum Gasteiger partial charge on any atom is 0.0608 e. The number of hydrogen-bond acceptors (Lipinski definition) is 2. The van der Waals surface area contributed by atoms with Crippen molar-refractivity contribution in [3.05, 3.63) is 12.2 Å². The number of nitrogens with zero attached hydrogens (tertiary/aromatic N) is 1. The zero-order chi connectivity index (χ0) is 10.7. The van der Waals surface area contributed by atoms with Crippen molar-refractivity contribution in [2.24, 2.45) is 11.8 Å². The van der Waals surface area contributed by atoms with Gasteiger partial charge in [-0.05, 0) is 39.3 Å². The Morgan fingerprint density at radius 3 is 2.57 bits per heavy atom. The average Bonchev–Trinajstić information content (AvgIpc) is 2.01. The van der Waals surface area contributed by atoms with Crippen LogP contribution in [0, 0.1) is 11.8 Å². The Bertz CT molecular complexity index is 200. The number of aliphatic hydroxyl groups is 1. The molecule has 3 atom stereocenters. The van der Waals surface area contributed by atoms with Gasteiger partial charge in [0.15, 0.2) is 0 Å². The van der Waals surface area contributed by atoms with Crippen molar-refractivity contribution < 1.29 is 5.11 Å². The van der Waals surface area contributed by atoms with Crippen LogP contribution in [-0.2, 0) is 0 Å². The fraction of sp³-hybridized carbons (Fsp3) is 0.833. The Labute approximate surface area is 87.6 Å². The lowest BCUT2D eigenvalue weighted by Gasteiger charge is -2.33. The van der Waals surface area contributed by atoms with Gasteiger partial charge in [-0.3, -0.25) is 0 Å². The second kappa shape index (κ2) is 4.94. The van der Waals surface area contributed by atoms with Gasteiger partial charge in [0.25, 0.3) is 0 Å². The van der Waals surface area contributed by atoms with Crippen LogP contribution in [0.3, 0.4) is 0 Å². The molecule has 0 bridgehead atoms. The molecule has 1 aliphatic rings. The molecule has 14 heavy (non-hydrogen) atoms. The smallest absolute Gasteiger partial charge is 0.0608 e. The van der Waals surface area contributed by atoms with Crippen LogP contribution in [0.1, 0.15) is 26.2 Å². The maximum atomic E-state index is 9.94. The third kappa shape index (κ3) is 3.10. The van der Waals surface area contributed by atoms with Gasteiger partial charge in [-0.2, -0.15) is 0 Å². The third-order valence-corrected chi connectivity index (χ3v) is 3.12. The summed E-state index contributed by atoms with van der Waals surface area (Å²) in [5.74, 6) is 1.00. The van der Waals surface area contributed by atoms with E-state index in [1.165, 1.54) is 12.0 Å². The number of likely N-dealkylation sites (N-methyl/N-ethyl adjacent to an activating group) is 1. The second-order valence-corrected chi connectivity index (χ2v) is 4.99. The number of rotatable bonds is 3. The quantitative estimate of drug-likeness (QED) is 0.699. The van der Waals surface area contributed by atoms with E-state index in [0.717, 1.165) is 19.4 Å². The predicted molar refractivity (Wildman–Crippen MR) is 60.2 cm³/mol. The molecule has 1 saturated carbocycles. The van der Waals surface area contributed by atoms with Crippen molar-refractivity contribution in [1.82, 2.24) is 4.90 Å². The van der Waals surface area contributed by atoms with Crippen LogP contribution in [0.25, 0.3) is 0 Å². The third-order valence-electron chi connectivity index (χ3n) is 3.12. The predicted octanol–water partition coefficient (Wildman–Crippen LogP) is 1.90. The molecule has 0 spiro atoms. The van der Waals surface area contributed by atoms with Crippen molar-refractivity contribution in [3.63, 3.8) is 0 Å². The van der Waals surface area contributed by atoms with E-state index in [2.05, 4.69) is 18.4 Å². The molecule has 0 unspecified atom stereocenters. The summed E-state index contributed by atoms with van der Waals surface area (Å²) >= 11 is 0. The molecule has 0 aliphatic heterocycles. The first-order chi connectivity index (χ1) is 6.50. The minimum Gasteiger partial charge on any atom is -0.392 e. The van der Waals surface area contributed by atoms with Gasteiger partial charge in [0.2, 0.25) is 0 Å². The van der Waals surface area contributed by atoms with Crippen LogP contribution in [0.15, 0.2) is 12.2 Å². The summed E-state index contributed by atoms with van der Waals surface area (Å²) in [5, 5.41) is 9.94. The van der Waals surface area contributed by atoms with Gasteiger partial charge >= 0.3 is 0 Å². The zero-order valence-corrected chi connectivity index (χ0v) is 9.66. The van der Waals surface area contributed by atoms with E-state index < -0.39 is 0 Å². The lowest BCUT2D eigenvalue weighted by Crippen LogP contribution is -2.32. The van der Waals surface area contributed by atoms with E-state index in [-0.39, 0.29) is 6.10 Å². The molecule has 0 aromatic rings. The minimum absolute atomic E-state index is 0.161. The van der Waals surface area contributed by atoms with Crippen LogP contribution >= 0.6 is 0 Å². The van der Waals surface area contributed by atoms with E-state index in [1.807, 2.05) is 14.1 Å². The molecule has 82 valence electrons. The summed E-state index contributed by atoms with van der Waals surface area (Å²) in [7, 11) is 4.09. The van der Waals surface area contributed by atoms with E-state index >= 15 is 0 Å². The van der Waals surface area contributed by atoms with Gasteiger partial charge in [-0.15, -0.1) is 0 Å². The lowest BCUT2D eigenvalue weighted by molar-refractivity contribution is 0.0631. The second-order valence-electron chi connectivity index (χ2n) is 4.99. The lowest BCUT2D eigenvalue weighted by atomic mass is 9.77. The highest BCUT2D eigenvalue weighted by Gasteiger charge is 2.28. The molecule has 2 heteroatoms. The molecule has 1 rings (SSSR count). The normalized spacial score (nSPS) is 33.4. The standard InChI is InChI=1S/C12H23NO/c1-9-5-6-11(12(14)7-9)10(2)8-13(3)4/h9,11-12,14H,2,5-8H2,1,3-4H3/t9-,11+,12-/m0/s1. The molecule has 2 nitrogen and oxygen atoms in total. The first-order valence-corrected chi connectivity index (χ1v) is 5.51. The Balaban J connectivity index is 2.47. The van der Waals surface area contributed by atoms with Gasteiger partial charge in [-0.25, -0.2) is 0 Å². The summed E-state index contributed by atoms with van der Waals surface area (Å²) in [4.78, 5) is 2.12. The minimum atomic E-state index is -0.161. The first kappa shape index (κ1) is 11.7. The van der Waals surface area contributed by atoms with E-state index in [9.17, 15) is 5.11 Å². The molecular formula is C12H23NO. The summed E-state index contributed by atoms with van der Waals surface area (Å²) in [6, 6.07) is 0. The van der Waals surface area contributed by atoms with Gasteiger partial charge in [0.05, 0.1) is 6.10 Å². The van der Waals surface area contributed by atoms with Gasteiger partial charge < -0.3 is 10.0 Å². The van der Waals surface area contributed by atoms with Crippen LogP contribution in [0.4, 0.5) is 0 Å². The molecular weight excluding hydrogens is 174 g/mol. The van der Waals surface area contributed by atoms with Gasteiger partial charge in [0.1, 0.15) is 0 Å². The highest BCUT2D eigenvalue weighted by molar-refractivity contribution is 5.07. The molecule has 0 radical (unpaired) electrons. The van der Waals surface area contributed by atoms with Gasteiger partial charge in [-0.1, -0.05) is 19.1 Å². The van der Waals surface area contributed by atoms with Crippen LogP contribution in [0.2, 0.25) is 0 Å². The summed E-state index contributed by atoms with van der Waals surface area (Å²) in [5.41, 5.74) is 1.19. The Morgan fingerprint density at radius 1 is 1.43 bits per heavy atom. The molecule has 0 heterocycles. The summed E-state index contributed by atoms with van der Waals surface area (Å²) in [6.07, 6.45) is 3.12. The highest BCUT2D eigenvalue weighted by Crippen LogP contribution is 2.32. The van der Waals surface area contributed by atoms with Crippen LogP contribution < -0.4 is 0 Å². The van der Waals surface area contributed by atoms with Crippen molar-refractivity contribution in [2.45, 2.75) is 32.3 Å². The molecule has 1 fully saturated rings. The zero-order valence-electron chi connectivity index (χ0n) is 9.66. The fourth-order valence-corrected chi connectivity index (χ4v) is 2.35. The average molecular weight is 197 g/mol. The molecule has 0 amide bonds. The molecule has 1 N–H and O–H groups in total. The number of aliphatic hydroxyl groups excluding tert-OH is 1. The Hall–Kier alpha value is -0.340. The largest absolute Gasteiger partial charge is 0.392 e. The Morgan fingerprint density at radius 2 is 2.07 bits per heavy atom. The molecule has 0 saturated heterocycles.